The fraction of sp³-hybridized carbons (Fsp3) is 0.520. The number of carbonyl (C=O) groups excluding carboxylic acids is 1. The second kappa shape index (κ2) is 9.77. The van der Waals surface area contributed by atoms with Crippen LogP contribution in [-0.4, -0.2) is 43.5 Å². The van der Waals surface area contributed by atoms with Crippen molar-refractivity contribution in [1.82, 2.24) is 29.8 Å². The number of nitrogens with one attached hydrogen (secondary N) is 1. The number of rotatable bonds is 8. The number of aryl methyl sites for hydroxylation is 3. The molecule has 3 aromatic heterocycles. The van der Waals surface area contributed by atoms with Crippen LogP contribution in [0, 0.1) is 20.8 Å². The number of hydrogen-bond acceptors (Lipinski definition) is 5. The molecule has 3 aromatic rings. The first-order chi connectivity index (χ1) is 15.5. The Hall–Kier alpha value is -2.80. The van der Waals surface area contributed by atoms with E-state index in [1.54, 1.807) is 0 Å². The van der Waals surface area contributed by atoms with Gasteiger partial charge in [0.1, 0.15) is 0 Å². The van der Waals surface area contributed by atoms with Gasteiger partial charge in [0.15, 0.2) is 5.65 Å². The van der Waals surface area contributed by atoms with Crippen molar-refractivity contribution in [2.45, 2.75) is 72.4 Å². The minimum atomic E-state index is 0.0956. The third kappa shape index (κ3) is 4.83. The molecule has 1 fully saturated rings. The lowest BCUT2D eigenvalue weighted by Crippen LogP contribution is -2.24. The summed E-state index contributed by atoms with van der Waals surface area (Å²) in [5, 5.41) is 7.93. The van der Waals surface area contributed by atoms with E-state index in [2.05, 4.69) is 47.2 Å². The monoisotopic (exact) mass is 434 g/mol. The zero-order valence-electron chi connectivity index (χ0n) is 19.7. The summed E-state index contributed by atoms with van der Waals surface area (Å²) in [6, 6.07) is 8.62. The first-order valence-corrected chi connectivity index (χ1v) is 11.7. The molecule has 7 nitrogen and oxygen atoms in total. The Labute approximate surface area is 190 Å². The van der Waals surface area contributed by atoms with Crippen molar-refractivity contribution in [3.8, 4) is 0 Å². The van der Waals surface area contributed by atoms with Gasteiger partial charge in [0.2, 0.25) is 5.91 Å². The van der Waals surface area contributed by atoms with E-state index < -0.39 is 0 Å². The molecule has 1 aliphatic rings. The first kappa shape index (κ1) is 22.4. The maximum atomic E-state index is 12.1. The van der Waals surface area contributed by atoms with Gasteiger partial charge in [-0.1, -0.05) is 13.0 Å². The summed E-state index contributed by atoms with van der Waals surface area (Å²) >= 11 is 0. The van der Waals surface area contributed by atoms with Gasteiger partial charge < -0.3 is 5.32 Å². The molecule has 0 radical (unpaired) electrons. The zero-order chi connectivity index (χ0) is 22.7. The molecule has 7 heteroatoms. The molecule has 0 unspecified atom stereocenters. The molecule has 1 atom stereocenters. The standard InChI is InChI=1S/C25H34N6O/c1-5-13-26-25(32)12-11-21-18(3)28-24-15-22(29-31(24)19(21)4)23-10-7-14-30(23)16-20-9-6-8-17(2)27-20/h6,8-9,15,23H,5,7,10-14,16H2,1-4H3,(H,26,32)/t23-/m0/s1. The summed E-state index contributed by atoms with van der Waals surface area (Å²) in [5.74, 6) is 0.0956. The number of carbonyl (C=O) groups is 1. The topological polar surface area (TPSA) is 75.4 Å². The maximum Gasteiger partial charge on any atom is 0.220 e. The van der Waals surface area contributed by atoms with Crippen LogP contribution in [-0.2, 0) is 17.8 Å². The molecule has 0 aliphatic carbocycles. The highest BCUT2D eigenvalue weighted by molar-refractivity contribution is 5.76. The number of likely N-dealkylation sites (tertiary alicyclic amines) is 1. The maximum absolute atomic E-state index is 12.1. The number of pyridine rings is 1. The van der Waals surface area contributed by atoms with Crippen molar-refractivity contribution in [3.63, 3.8) is 0 Å². The van der Waals surface area contributed by atoms with Crippen LogP contribution >= 0.6 is 0 Å². The van der Waals surface area contributed by atoms with Crippen molar-refractivity contribution in [2.75, 3.05) is 13.1 Å². The summed E-state index contributed by atoms with van der Waals surface area (Å²) in [5.41, 5.74) is 7.29. The Morgan fingerprint density at radius 2 is 2.06 bits per heavy atom. The number of nitrogens with zero attached hydrogens (tertiary/aromatic N) is 5. The van der Waals surface area contributed by atoms with Crippen LogP contribution in [0.25, 0.3) is 5.65 Å². The van der Waals surface area contributed by atoms with Crippen molar-refractivity contribution >= 4 is 11.6 Å². The van der Waals surface area contributed by atoms with Crippen molar-refractivity contribution in [1.29, 1.82) is 0 Å². The van der Waals surface area contributed by atoms with E-state index in [0.717, 1.165) is 78.6 Å². The molecule has 0 saturated carbocycles. The van der Waals surface area contributed by atoms with Crippen LogP contribution in [0.4, 0.5) is 0 Å². The number of hydrogen-bond donors (Lipinski definition) is 1. The molecule has 32 heavy (non-hydrogen) atoms. The highest BCUT2D eigenvalue weighted by atomic mass is 16.1. The zero-order valence-corrected chi connectivity index (χ0v) is 19.7. The summed E-state index contributed by atoms with van der Waals surface area (Å²) < 4.78 is 1.96. The van der Waals surface area contributed by atoms with Crippen LogP contribution in [0.5, 0.6) is 0 Å². The van der Waals surface area contributed by atoms with Gasteiger partial charge in [0.25, 0.3) is 0 Å². The highest BCUT2D eigenvalue weighted by Crippen LogP contribution is 2.33. The molecule has 1 aliphatic heterocycles. The number of fused-ring (bicyclic) bond motifs is 1. The van der Waals surface area contributed by atoms with Gasteiger partial charge in [0.05, 0.1) is 17.4 Å². The third-order valence-corrected chi connectivity index (χ3v) is 6.37. The van der Waals surface area contributed by atoms with E-state index in [-0.39, 0.29) is 11.9 Å². The average Bonchev–Trinajstić information content (AvgIpc) is 3.39. The molecule has 1 amide bonds. The first-order valence-electron chi connectivity index (χ1n) is 11.7. The Kier molecular flexibility index (Phi) is 6.84. The van der Waals surface area contributed by atoms with Crippen LogP contribution in [0.1, 0.15) is 72.7 Å². The Balaban J connectivity index is 1.55. The van der Waals surface area contributed by atoms with E-state index in [4.69, 9.17) is 10.1 Å². The van der Waals surface area contributed by atoms with Crippen molar-refractivity contribution in [3.05, 3.63) is 58.3 Å². The molecule has 170 valence electrons. The average molecular weight is 435 g/mol. The minimum absolute atomic E-state index is 0.0956. The van der Waals surface area contributed by atoms with Gasteiger partial charge in [-0.2, -0.15) is 5.10 Å². The number of amides is 1. The summed E-state index contributed by atoms with van der Waals surface area (Å²) in [4.78, 5) is 24.1. The van der Waals surface area contributed by atoms with Gasteiger partial charge in [-0.25, -0.2) is 9.50 Å². The second-order valence-electron chi connectivity index (χ2n) is 8.85. The molecule has 0 spiro atoms. The Morgan fingerprint density at radius 3 is 2.84 bits per heavy atom. The lowest BCUT2D eigenvalue weighted by atomic mass is 10.1. The minimum Gasteiger partial charge on any atom is -0.356 e. The largest absolute Gasteiger partial charge is 0.356 e. The fourth-order valence-electron chi connectivity index (χ4n) is 4.71. The molecule has 4 heterocycles. The third-order valence-electron chi connectivity index (χ3n) is 6.37. The van der Waals surface area contributed by atoms with Crippen molar-refractivity contribution in [2.24, 2.45) is 0 Å². The van der Waals surface area contributed by atoms with Crippen LogP contribution in [0.3, 0.4) is 0 Å². The van der Waals surface area contributed by atoms with E-state index in [1.807, 2.05) is 24.4 Å². The van der Waals surface area contributed by atoms with Gasteiger partial charge in [-0.3, -0.25) is 14.7 Å². The molecule has 0 aromatic carbocycles. The van der Waals surface area contributed by atoms with Gasteiger partial charge >= 0.3 is 0 Å². The Morgan fingerprint density at radius 1 is 1.22 bits per heavy atom. The fourth-order valence-corrected chi connectivity index (χ4v) is 4.71. The SMILES string of the molecule is CCCNC(=O)CCc1c(C)nc2cc([C@@H]3CCCN3Cc3cccc(C)n3)nn2c1C. The lowest BCUT2D eigenvalue weighted by Gasteiger charge is -2.22. The summed E-state index contributed by atoms with van der Waals surface area (Å²) in [6.45, 7) is 10.8. The van der Waals surface area contributed by atoms with Gasteiger partial charge in [-0.15, -0.1) is 0 Å². The number of aromatic nitrogens is 4. The van der Waals surface area contributed by atoms with E-state index in [1.165, 1.54) is 0 Å². The summed E-state index contributed by atoms with van der Waals surface area (Å²) in [6.07, 6.45) is 4.36. The van der Waals surface area contributed by atoms with Gasteiger partial charge in [-0.05, 0) is 70.7 Å². The molecule has 1 N–H and O–H groups in total. The van der Waals surface area contributed by atoms with Crippen LogP contribution < -0.4 is 5.32 Å². The highest BCUT2D eigenvalue weighted by Gasteiger charge is 2.29. The van der Waals surface area contributed by atoms with Crippen LogP contribution in [0.2, 0.25) is 0 Å². The van der Waals surface area contributed by atoms with Crippen LogP contribution in [0.15, 0.2) is 24.3 Å². The Bertz CT molecular complexity index is 1110. The predicted octanol–water partition coefficient (Wildman–Crippen LogP) is 3.85. The molecule has 0 bridgehead atoms. The molecule has 1 saturated heterocycles. The predicted molar refractivity (Wildman–Crippen MR) is 125 cm³/mol. The molecule has 4 rings (SSSR count). The second-order valence-corrected chi connectivity index (χ2v) is 8.85. The normalized spacial score (nSPS) is 16.7. The molecular formula is C25H34N6O. The van der Waals surface area contributed by atoms with Crippen molar-refractivity contribution < 1.29 is 4.79 Å². The smallest absolute Gasteiger partial charge is 0.220 e. The lowest BCUT2D eigenvalue weighted by molar-refractivity contribution is -0.121. The van der Waals surface area contributed by atoms with E-state index >= 15 is 0 Å². The molecular weight excluding hydrogens is 400 g/mol. The van der Waals surface area contributed by atoms with E-state index in [0.29, 0.717) is 12.8 Å². The summed E-state index contributed by atoms with van der Waals surface area (Å²) in [7, 11) is 0. The quantitative estimate of drug-likeness (QED) is 0.583. The van der Waals surface area contributed by atoms with E-state index in [9.17, 15) is 4.79 Å². The van der Waals surface area contributed by atoms with Gasteiger partial charge in [0, 0.05) is 42.7 Å².